The van der Waals surface area contributed by atoms with E-state index in [1.165, 1.54) is 32.1 Å². The second kappa shape index (κ2) is 6.25. The quantitative estimate of drug-likeness (QED) is 0.809. The molecule has 1 saturated heterocycles. The van der Waals surface area contributed by atoms with Gasteiger partial charge >= 0.3 is 0 Å². The number of rotatable bonds is 5. The van der Waals surface area contributed by atoms with Gasteiger partial charge in [0.15, 0.2) is 0 Å². The summed E-state index contributed by atoms with van der Waals surface area (Å²) in [6.07, 6.45) is 8.42. The summed E-state index contributed by atoms with van der Waals surface area (Å²) in [7, 11) is 0. The third-order valence-corrected chi connectivity index (χ3v) is 4.48. The first-order valence-electron chi connectivity index (χ1n) is 7.14. The van der Waals surface area contributed by atoms with Gasteiger partial charge in [-0.3, -0.25) is 4.79 Å². The van der Waals surface area contributed by atoms with Crippen molar-refractivity contribution < 1.29 is 4.79 Å². The van der Waals surface area contributed by atoms with E-state index in [-0.39, 0.29) is 23.9 Å². The minimum atomic E-state index is -0.319. The lowest BCUT2D eigenvalue weighted by atomic mass is 9.89. The summed E-state index contributed by atoms with van der Waals surface area (Å²) in [6.45, 7) is 6.13. The van der Waals surface area contributed by atoms with Crippen LogP contribution in [0.3, 0.4) is 0 Å². The number of piperidine rings is 1. The lowest BCUT2D eigenvalue weighted by Crippen LogP contribution is -2.57. The van der Waals surface area contributed by atoms with Gasteiger partial charge in [-0.15, -0.1) is 12.4 Å². The van der Waals surface area contributed by atoms with Crippen molar-refractivity contribution in [1.29, 1.82) is 0 Å². The zero-order chi connectivity index (χ0) is 12.4. The molecule has 3 nitrogen and oxygen atoms in total. The number of hydrogen-bond donors (Lipinski definition) is 2. The van der Waals surface area contributed by atoms with E-state index in [4.69, 9.17) is 0 Å². The van der Waals surface area contributed by atoms with Gasteiger partial charge in [0.05, 0.1) is 5.54 Å². The molecule has 1 aliphatic carbocycles. The van der Waals surface area contributed by atoms with E-state index in [0.717, 1.165) is 25.9 Å². The minimum Gasteiger partial charge on any atom is -0.354 e. The molecule has 2 fully saturated rings. The molecular weight excluding hydrogens is 248 g/mol. The van der Waals surface area contributed by atoms with Crippen molar-refractivity contribution in [1.82, 2.24) is 10.6 Å². The van der Waals surface area contributed by atoms with E-state index in [1.54, 1.807) is 0 Å². The standard InChI is InChI=1S/C14H26N2O.ClH/c1-3-6-14(8-9-14)11-15-12(17)13(2)7-4-5-10-16-13;/h16H,3-11H2,1-2H3,(H,15,17);1H. The number of amides is 1. The Kier molecular flexibility index (Phi) is 5.47. The van der Waals surface area contributed by atoms with Gasteiger partial charge < -0.3 is 10.6 Å². The van der Waals surface area contributed by atoms with E-state index in [9.17, 15) is 4.79 Å². The molecule has 1 aliphatic heterocycles. The first-order chi connectivity index (χ1) is 8.10. The molecule has 1 atom stereocenters. The van der Waals surface area contributed by atoms with E-state index in [0.29, 0.717) is 5.41 Å². The van der Waals surface area contributed by atoms with E-state index in [2.05, 4.69) is 17.6 Å². The minimum absolute atomic E-state index is 0. The summed E-state index contributed by atoms with van der Waals surface area (Å²) in [5, 5.41) is 6.55. The molecule has 1 saturated carbocycles. The highest BCUT2D eigenvalue weighted by atomic mass is 35.5. The summed E-state index contributed by atoms with van der Waals surface area (Å²) in [5.41, 5.74) is 0.135. The Hall–Kier alpha value is -0.280. The van der Waals surface area contributed by atoms with Gasteiger partial charge in [-0.2, -0.15) is 0 Å². The van der Waals surface area contributed by atoms with Gasteiger partial charge in [0.2, 0.25) is 5.91 Å². The zero-order valence-corrected chi connectivity index (χ0v) is 12.5. The summed E-state index contributed by atoms with van der Waals surface area (Å²) < 4.78 is 0. The third-order valence-electron chi connectivity index (χ3n) is 4.48. The molecule has 1 heterocycles. The van der Waals surface area contributed by atoms with Crippen molar-refractivity contribution >= 4 is 18.3 Å². The molecule has 0 aromatic carbocycles. The van der Waals surface area contributed by atoms with Gasteiger partial charge in [-0.25, -0.2) is 0 Å². The molecule has 2 rings (SSSR count). The van der Waals surface area contributed by atoms with Crippen molar-refractivity contribution in [3.8, 4) is 0 Å². The monoisotopic (exact) mass is 274 g/mol. The Morgan fingerprint density at radius 3 is 2.50 bits per heavy atom. The number of carbonyl (C=O) groups is 1. The van der Waals surface area contributed by atoms with Gasteiger partial charge in [-0.05, 0) is 57.4 Å². The van der Waals surface area contributed by atoms with Gasteiger partial charge in [0, 0.05) is 6.54 Å². The maximum atomic E-state index is 12.2. The van der Waals surface area contributed by atoms with Gasteiger partial charge in [0.1, 0.15) is 0 Å². The molecule has 1 unspecified atom stereocenters. The Morgan fingerprint density at radius 2 is 2.00 bits per heavy atom. The van der Waals surface area contributed by atoms with Crippen LogP contribution in [0.5, 0.6) is 0 Å². The van der Waals surface area contributed by atoms with Crippen LogP contribution in [0.25, 0.3) is 0 Å². The van der Waals surface area contributed by atoms with Gasteiger partial charge in [-0.1, -0.05) is 13.3 Å². The predicted molar refractivity (Wildman–Crippen MR) is 77.1 cm³/mol. The van der Waals surface area contributed by atoms with E-state index >= 15 is 0 Å². The average molecular weight is 275 g/mol. The highest BCUT2D eigenvalue weighted by Gasteiger charge is 2.43. The van der Waals surface area contributed by atoms with Gasteiger partial charge in [0.25, 0.3) is 0 Å². The van der Waals surface area contributed by atoms with Crippen molar-refractivity contribution in [3.63, 3.8) is 0 Å². The number of halogens is 1. The third kappa shape index (κ3) is 3.61. The maximum absolute atomic E-state index is 12.2. The van der Waals surface area contributed by atoms with Crippen molar-refractivity contribution in [2.45, 2.75) is 64.3 Å². The van der Waals surface area contributed by atoms with E-state index in [1.807, 2.05) is 6.92 Å². The number of nitrogens with one attached hydrogen (secondary N) is 2. The SMILES string of the molecule is CCCC1(CNC(=O)C2(C)CCCCN2)CC1.Cl. The fourth-order valence-electron chi connectivity index (χ4n) is 2.94. The summed E-state index contributed by atoms with van der Waals surface area (Å²) >= 11 is 0. The summed E-state index contributed by atoms with van der Waals surface area (Å²) in [4.78, 5) is 12.2. The molecule has 0 spiro atoms. The molecule has 4 heteroatoms. The van der Waals surface area contributed by atoms with Crippen molar-refractivity contribution in [2.75, 3.05) is 13.1 Å². The molecule has 0 aromatic rings. The Bertz CT molecular complexity index is 284. The maximum Gasteiger partial charge on any atom is 0.240 e. The Balaban J connectivity index is 0.00000162. The molecule has 2 aliphatic rings. The Labute approximate surface area is 117 Å². The van der Waals surface area contributed by atoms with Crippen LogP contribution >= 0.6 is 12.4 Å². The normalized spacial score (nSPS) is 29.2. The van der Waals surface area contributed by atoms with Crippen LogP contribution in [0.15, 0.2) is 0 Å². The number of hydrogen-bond acceptors (Lipinski definition) is 2. The largest absolute Gasteiger partial charge is 0.354 e. The van der Waals surface area contributed by atoms with Crippen molar-refractivity contribution in [3.05, 3.63) is 0 Å². The lowest BCUT2D eigenvalue weighted by molar-refractivity contribution is -0.128. The lowest BCUT2D eigenvalue weighted by Gasteiger charge is -2.34. The second-order valence-electron chi connectivity index (χ2n) is 6.15. The zero-order valence-electron chi connectivity index (χ0n) is 11.7. The van der Waals surface area contributed by atoms with Crippen molar-refractivity contribution in [2.24, 2.45) is 5.41 Å². The Morgan fingerprint density at radius 1 is 1.28 bits per heavy atom. The fraction of sp³-hybridized carbons (Fsp3) is 0.929. The van der Waals surface area contributed by atoms with Crippen LogP contribution in [-0.2, 0) is 4.79 Å². The van der Waals surface area contributed by atoms with Crippen LogP contribution in [-0.4, -0.2) is 24.5 Å². The molecule has 0 aromatic heterocycles. The number of carbonyl (C=O) groups excluding carboxylic acids is 1. The average Bonchev–Trinajstić information content (AvgIpc) is 3.08. The molecule has 18 heavy (non-hydrogen) atoms. The van der Waals surface area contributed by atoms with Crippen LogP contribution < -0.4 is 10.6 Å². The van der Waals surface area contributed by atoms with Crippen LogP contribution in [0.1, 0.15) is 58.8 Å². The van der Waals surface area contributed by atoms with Crippen LogP contribution in [0.2, 0.25) is 0 Å². The molecule has 1 amide bonds. The van der Waals surface area contributed by atoms with E-state index < -0.39 is 0 Å². The molecule has 2 N–H and O–H groups in total. The topological polar surface area (TPSA) is 41.1 Å². The summed E-state index contributed by atoms with van der Waals surface area (Å²) in [5.74, 6) is 0.208. The highest BCUT2D eigenvalue weighted by Crippen LogP contribution is 2.48. The smallest absolute Gasteiger partial charge is 0.240 e. The molecule has 0 radical (unpaired) electrons. The van der Waals surface area contributed by atoms with Crippen LogP contribution in [0.4, 0.5) is 0 Å². The predicted octanol–water partition coefficient (Wildman–Crippen LogP) is 2.64. The first-order valence-corrected chi connectivity index (χ1v) is 7.14. The molecule has 106 valence electrons. The highest BCUT2D eigenvalue weighted by molar-refractivity contribution is 5.86. The fourth-order valence-corrected chi connectivity index (χ4v) is 2.94. The molecular formula is C14H27ClN2O. The molecule has 0 bridgehead atoms. The first kappa shape index (κ1) is 15.8. The van der Waals surface area contributed by atoms with Crippen LogP contribution in [0, 0.1) is 5.41 Å². The second-order valence-corrected chi connectivity index (χ2v) is 6.15. The summed E-state index contributed by atoms with van der Waals surface area (Å²) in [6, 6.07) is 0.